The van der Waals surface area contributed by atoms with Gasteiger partial charge in [0.25, 0.3) is 5.91 Å². The van der Waals surface area contributed by atoms with Crippen LogP contribution in [0.5, 0.6) is 0 Å². The molecule has 5 heteroatoms. The predicted octanol–water partition coefficient (Wildman–Crippen LogP) is 3.23. The lowest BCUT2D eigenvalue weighted by Crippen LogP contribution is -2.29. The molecule has 0 aromatic heterocycles. The van der Waals surface area contributed by atoms with Crippen LogP contribution in [0, 0.1) is 0 Å². The third-order valence-electron chi connectivity index (χ3n) is 3.39. The van der Waals surface area contributed by atoms with Crippen LogP contribution in [0.1, 0.15) is 29.8 Å². The van der Waals surface area contributed by atoms with E-state index in [0.29, 0.717) is 18.7 Å². The number of carbonyl (C=O) groups excluding carboxylic acids is 2. The molecule has 2 N–H and O–H groups in total. The first kappa shape index (κ1) is 18.1. The molecule has 24 heavy (non-hydrogen) atoms. The highest BCUT2D eigenvalue weighted by molar-refractivity contribution is 8.00. The van der Waals surface area contributed by atoms with Crippen LogP contribution >= 0.6 is 11.8 Å². The molecule has 4 nitrogen and oxygen atoms in total. The number of carbonyl (C=O) groups is 2. The average Bonchev–Trinajstić information content (AvgIpc) is 2.59. The molecule has 1 atom stereocenters. The molecule has 0 saturated heterocycles. The fourth-order valence-electron chi connectivity index (χ4n) is 2.11. The van der Waals surface area contributed by atoms with Crippen LogP contribution in [0.25, 0.3) is 0 Å². The molecule has 0 bridgehead atoms. The zero-order chi connectivity index (χ0) is 17.4. The summed E-state index contributed by atoms with van der Waals surface area (Å²) in [7, 11) is 0. The fraction of sp³-hybridized carbons (Fsp3) is 0.263. The molecule has 0 aliphatic rings. The normalized spacial score (nSPS) is 11.6. The number of thioether (sulfide) groups is 1. The lowest BCUT2D eigenvalue weighted by atomic mass is 10.1. The van der Waals surface area contributed by atoms with E-state index in [1.807, 2.05) is 30.3 Å². The Morgan fingerprint density at radius 2 is 1.67 bits per heavy atom. The molecule has 0 aliphatic carbocycles. The van der Waals surface area contributed by atoms with Crippen molar-refractivity contribution in [1.29, 1.82) is 0 Å². The van der Waals surface area contributed by atoms with Crippen molar-refractivity contribution in [3.63, 3.8) is 0 Å². The van der Waals surface area contributed by atoms with Gasteiger partial charge >= 0.3 is 0 Å². The molecular formula is C19H22N2O2S. The monoisotopic (exact) mass is 342 g/mol. The molecule has 2 rings (SSSR count). The smallest absolute Gasteiger partial charge is 0.251 e. The van der Waals surface area contributed by atoms with Crippen LogP contribution in [0.4, 0.5) is 0 Å². The van der Waals surface area contributed by atoms with Crippen molar-refractivity contribution in [2.24, 2.45) is 0 Å². The minimum absolute atomic E-state index is 0.0678. The molecular weight excluding hydrogens is 320 g/mol. The Morgan fingerprint density at radius 3 is 2.29 bits per heavy atom. The summed E-state index contributed by atoms with van der Waals surface area (Å²) in [6.07, 6.45) is 0. The van der Waals surface area contributed by atoms with E-state index in [-0.39, 0.29) is 17.1 Å². The molecule has 0 spiro atoms. The van der Waals surface area contributed by atoms with E-state index >= 15 is 0 Å². The van der Waals surface area contributed by atoms with E-state index in [2.05, 4.69) is 29.7 Å². The molecule has 0 unspecified atom stereocenters. The van der Waals surface area contributed by atoms with Crippen LogP contribution < -0.4 is 10.6 Å². The highest BCUT2D eigenvalue weighted by Gasteiger charge is 2.09. The summed E-state index contributed by atoms with van der Waals surface area (Å²) in [5, 5.41) is 5.98. The van der Waals surface area contributed by atoms with Gasteiger partial charge in [-0.2, -0.15) is 0 Å². The highest BCUT2D eigenvalue weighted by Crippen LogP contribution is 2.22. The minimum Gasteiger partial charge on any atom is -0.352 e. The summed E-state index contributed by atoms with van der Waals surface area (Å²) >= 11 is 1.74. The molecule has 0 fully saturated rings. The van der Waals surface area contributed by atoms with E-state index in [1.165, 1.54) is 11.8 Å². The second kappa shape index (κ2) is 9.13. The average molecular weight is 342 g/mol. The Labute approximate surface area is 147 Å². The van der Waals surface area contributed by atoms with Crippen LogP contribution in [0.3, 0.4) is 0 Å². The first-order valence-corrected chi connectivity index (χ1v) is 8.76. The molecule has 2 aromatic carbocycles. The summed E-state index contributed by atoms with van der Waals surface area (Å²) in [5.41, 5.74) is 1.59. The van der Waals surface area contributed by atoms with Gasteiger partial charge in [-0.05, 0) is 29.8 Å². The van der Waals surface area contributed by atoms with E-state index in [0.717, 1.165) is 5.56 Å². The quantitative estimate of drug-likeness (QED) is 0.760. The van der Waals surface area contributed by atoms with Crippen molar-refractivity contribution in [2.75, 3.05) is 6.54 Å². The van der Waals surface area contributed by atoms with Gasteiger partial charge in [0.2, 0.25) is 5.91 Å². The SMILES string of the molecule is CC(=O)NCc1ccc(C(=O)NC[C@@H](C)Sc2ccccc2)cc1. The van der Waals surface area contributed by atoms with Crippen LogP contribution in [-0.4, -0.2) is 23.6 Å². The second-order valence-electron chi connectivity index (χ2n) is 5.56. The van der Waals surface area contributed by atoms with Crippen molar-refractivity contribution in [1.82, 2.24) is 10.6 Å². The van der Waals surface area contributed by atoms with Gasteiger partial charge in [-0.15, -0.1) is 11.8 Å². The van der Waals surface area contributed by atoms with Gasteiger partial charge < -0.3 is 10.6 Å². The number of nitrogens with one attached hydrogen (secondary N) is 2. The van der Waals surface area contributed by atoms with Crippen molar-refractivity contribution < 1.29 is 9.59 Å². The second-order valence-corrected chi connectivity index (χ2v) is 7.07. The molecule has 2 aromatic rings. The first-order chi connectivity index (χ1) is 11.5. The summed E-state index contributed by atoms with van der Waals surface area (Å²) in [5.74, 6) is -0.150. The summed E-state index contributed by atoms with van der Waals surface area (Å²) in [4.78, 5) is 24.3. The third kappa shape index (κ3) is 6.08. The van der Waals surface area contributed by atoms with Gasteiger partial charge in [0.15, 0.2) is 0 Å². The number of amides is 2. The zero-order valence-corrected chi connectivity index (χ0v) is 14.7. The Bertz CT molecular complexity index is 672. The van der Waals surface area contributed by atoms with E-state index in [4.69, 9.17) is 0 Å². The number of hydrogen-bond donors (Lipinski definition) is 2. The Morgan fingerprint density at radius 1 is 1.00 bits per heavy atom. The molecule has 0 radical (unpaired) electrons. The molecule has 2 amide bonds. The van der Waals surface area contributed by atoms with Gasteiger partial charge in [-0.3, -0.25) is 9.59 Å². The lowest BCUT2D eigenvalue weighted by Gasteiger charge is -2.12. The van der Waals surface area contributed by atoms with Crippen LogP contribution in [0.2, 0.25) is 0 Å². The predicted molar refractivity (Wildman–Crippen MR) is 98.1 cm³/mol. The maximum Gasteiger partial charge on any atom is 0.251 e. The largest absolute Gasteiger partial charge is 0.352 e. The Kier molecular flexibility index (Phi) is 6.88. The van der Waals surface area contributed by atoms with E-state index in [9.17, 15) is 9.59 Å². The van der Waals surface area contributed by atoms with Gasteiger partial charge in [0.05, 0.1) is 0 Å². The van der Waals surface area contributed by atoms with Crippen molar-refractivity contribution in [2.45, 2.75) is 30.5 Å². The standard InChI is InChI=1S/C19H22N2O2S/c1-14(24-18-6-4-3-5-7-18)12-21-19(23)17-10-8-16(9-11-17)13-20-15(2)22/h3-11,14H,12-13H2,1-2H3,(H,20,22)(H,21,23)/t14-/m1/s1. The maximum absolute atomic E-state index is 12.2. The fourth-order valence-corrected chi connectivity index (χ4v) is 3.06. The molecule has 0 heterocycles. The Balaban J connectivity index is 1.80. The van der Waals surface area contributed by atoms with Gasteiger partial charge in [-0.25, -0.2) is 0 Å². The summed E-state index contributed by atoms with van der Waals surface area (Å²) in [6.45, 7) is 4.65. The maximum atomic E-state index is 12.2. The van der Waals surface area contributed by atoms with Crippen molar-refractivity contribution in [3.8, 4) is 0 Å². The minimum atomic E-state index is -0.0819. The zero-order valence-electron chi connectivity index (χ0n) is 13.9. The summed E-state index contributed by atoms with van der Waals surface area (Å²) in [6, 6.07) is 17.4. The Hall–Kier alpha value is -2.27. The first-order valence-electron chi connectivity index (χ1n) is 7.88. The van der Waals surface area contributed by atoms with Crippen LogP contribution in [0.15, 0.2) is 59.5 Å². The topological polar surface area (TPSA) is 58.2 Å². The van der Waals surface area contributed by atoms with Gasteiger partial charge in [-0.1, -0.05) is 37.3 Å². The third-order valence-corrected chi connectivity index (χ3v) is 4.50. The lowest BCUT2D eigenvalue weighted by molar-refractivity contribution is -0.119. The van der Waals surface area contributed by atoms with Crippen molar-refractivity contribution in [3.05, 3.63) is 65.7 Å². The van der Waals surface area contributed by atoms with E-state index in [1.54, 1.807) is 23.9 Å². The number of benzene rings is 2. The van der Waals surface area contributed by atoms with Crippen LogP contribution in [-0.2, 0) is 11.3 Å². The summed E-state index contributed by atoms with van der Waals surface area (Å²) < 4.78 is 0. The number of rotatable bonds is 7. The number of hydrogen-bond acceptors (Lipinski definition) is 3. The molecule has 126 valence electrons. The van der Waals surface area contributed by atoms with Crippen molar-refractivity contribution >= 4 is 23.6 Å². The molecule has 0 aliphatic heterocycles. The van der Waals surface area contributed by atoms with Gasteiger partial charge in [0, 0.05) is 35.7 Å². The molecule has 0 saturated carbocycles. The van der Waals surface area contributed by atoms with Gasteiger partial charge in [0.1, 0.15) is 0 Å². The highest BCUT2D eigenvalue weighted by atomic mass is 32.2. The van der Waals surface area contributed by atoms with E-state index < -0.39 is 0 Å².